The molecule has 33 heavy (non-hydrogen) atoms. The average Bonchev–Trinajstić information content (AvgIpc) is 2.82. The molecule has 2 aliphatic heterocycles. The number of rotatable bonds is 7. The lowest BCUT2D eigenvalue weighted by atomic mass is 9.85. The highest BCUT2D eigenvalue weighted by Crippen LogP contribution is 2.38. The highest BCUT2D eigenvalue weighted by atomic mass is 32.2. The summed E-state index contributed by atoms with van der Waals surface area (Å²) in [6.45, 7) is 3.23. The number of hydrogen-bond donors (Lipinski definition) is 2. The number of sulfone groups is 1. The lowest BCUT2D eigenvalue weighted by Gasteiger charge is -2.38. The third-order valence-electron chi connectivity index (χ3n) is 6.94. The van der Waals surface area contributed by atoms with E-state index in [1.165, 1.54) is 6.07 Å². The molecule has 2 aliphatic rings. The molecule has 2 heterocycles. The quantitative estimate of drug-likeness (QED) is 0.638. The second-order valence-electron chi connectivity index (χ2n) is 8.91. The van der Waals surface area contributed by atoms with Crippen LogP contribution in [-0.2, 0) is 31.3 Å². The second-order valence-corrected chi connectivity index (χ2v) is 11.3. The van der Waals surface area contributed by atoms with Crippen molar-refractivity contribution in [2.24, 2.45) is 0 Å². The largest absolute Gasteiger partial charge is 0.394 e. The maximum atomic E-state index is 15.3. The summed E-state index contributed by atoms with van der Waals surface area (Å²) >= 11 is 0. The molecule has 2 saturated heterocycles. The molecule has 4 rings (SSSR count). The fourth-order valence-corrected chi connectivity index (χ4v) is 7.34. The lowest BCUT2D eigenvalue weighted by molar-refractivity contribution is -0.123. The van der Waals surface area contributed by atoms with Gasteiger partial charge in [0.1, 0.15) is 5.82 Å². The van der Waals surface area contributed by atoms with Crippen LogP contribution in [0.15, 0.2) is 48.5 Å². The minimum Gasteiger partial charge on any atom is -0.394 e. The van der Waals surface area contributed by atoms with Gasteiger partial charge < -0.3 is 19.9 Å². The summed E-state index contributed by atoms with van der Waals surface area (Å²) < 4.78 is 53.7. The molecular formula is C25H32FNO5S. The molecular weight excluding hydrogens is 445 g/mol. The molecule has 2 aromatic rings. The Morgan fingerprint density at radius 2 is 1.91 bits per heavy atom. The third kappa shape index (κ3) is 5.00. The van der Waals surface area contributed by atoms with Crippen LogP contribution in [0.2, 0.25) is 0 Å². The zero-order chi connectivity index (χ0) is 23.5. The number of ether oxygens (including phenoxy) is 2. The van der Waals surface area contributed by atoms with Gasteiger partial charge in [0.15, 0.2) is 9.84 Å². The molecule has 0 radical (unpaired) electrons. The van der Waals surface area contributed by atoms with Gasteiger partial charge in [-0.05, 0) is 36.1 Å². The van der Waals surface area contributed by atoms with Crippen molar-refractivity contribution in [3.63, 3.8) is 0 Å². The molecule has 0 aromatic heterocycles. The van der Waals surface area contributed by atoms with Crippen molar-refractivity contribution in [3.8, 4) is 0 Å². The van der Waals surface area contributed by atoms with Crippen molar-refractivity contribution in [1.29, 1.82) is 0 Å². The van der Waals surface area contributed by atoms with E-state index in [1.807, 2.05) is 43.3 Å². The van der Waals surface area contributed by atoms with Crippen molar-refractivity contribution in [1.82, 2.24) is 5.32 Å². The van der Waals surface area contributed by atoms with E-state index >= 15 is 4.39 Å². The first-order valence-electron chi connectivity index (χ1n) is 11.5. The number of benzene rings is 2. The minimum atomic E-state index is -3.53. The summed E-state index contributed by atoms with van der Waals surface area (Å²) in [7, 11) is -3.53. The van der Waals surface area contributed by atoms with Crippen molar-refractivity contribution in [3.05, 3.63) is 71.0 Å². The van der Waals surface area contributed by atoms with Crippen LogP contribution in [0, 0.1) is 5.82 Å². The maximum absolute atomic E-state index is 15.3. The Balaban J connectivity index is 1.59. The van der Waals surface area contributed by atoms with E-state index in [4.69, 9.17) is 9.47 Å². The van der Waals surface area contributed by atoms with Gasteiger partial charge in [-0.1, -0.05) is 42.5 Å². The van der Waals surface area contributed by atoms with Gasteiger partial charge in [-0.25, -0.2) is 12.8 Å². The Morgan fingerprint density at radius 1 is 1.18 bits per heavy atom. The summed E-state index contributed by atoms with van der Waals surface area (Å²) in [5.74, 6) is -0.435. The molecule has 180 valence electrons. The Kier molecular flexibility index (Phi) is 7.50. The van der Waals surface area contributed by atoms with Crippen molar-refractivity contribution >= 4 is 9.84 Å². The number of aliphatic hydroxyl groups excluding tert-OH is 1. The van der Waals surface area contributed by atoms with Gasteiger partial charge in [0, 0.05) is 38.6 Å². The van der Waals surface area contributed by atoms with Gasteiger partial charge in [-0.15, -0.1) is 0 Å². The van der Waals surface area contributed by atoms with Gasteiger partial charge in [0.05, 0.1) is 29.3 Å². The normalized spacial score (nSPS) is 26.7. The van der Waals surface area contributed by atoms with Crippen LogP contribution in [0.5, 0.6) is 0 Å². The smallest absolute Gasteiger partial charge is 0.163 e. The van der Waals surface area contributed by atoms with E-state index in [0.29, 0.717) is 43.7 Å². The second kappa shape index (κ2) is 10.2. The highest BCUT2D eigenvalue weighted by molar-refractivity contribution is 7.92. The van der Waals surface area contributed by atoms with E-state index in [-0.39, 0.29) is 25.7 Å². The van der Waals surface area contributed by atoms with E-state index < -0.39 is 31.8 Å². The van der Waals surface area contributed by atoms with Gasteiger partial charge in [-0.3, -0.25) is 0 Å². The zero-order valence-corrected chi connectivity index (χ0v) is 19.7. The molecule has 2 fully saturated rings. The van der Waals surface area contributed by atoms with E-state index in [2.05, 4.69) is 5.32 Å². The molecule has 0 bridgehead atoms. The molecule has 0 amide bonds. The number of aliphatic hydroxyl groups is 1. The topological polar surface area (TPSA) is 84.9 Å². The van der Waals surface area contributed by atoms with Crippen LogP contribution in [0.25, 0.3) is 0 Å². The number of hydrogen-bond acceptors (Lipinski definition) is 6. The van der Waals surface area contributed by atoms with Crippen molar-refractivity contribution < 1.29 is 27.4 Å². The monoisotopic (exact) mass is 477 g/mol. The fraction of sp³-hybridized carbons (Fsp3) is 0.520. The Labute approximate surface area is 195 Å². The van der Waals surface area contributed by atoms with Gasteiger partial charge >= 0.3 is 0 Å². The summed E-state index contributed by atoms with van der Waals surface area (Å²) in [5.41, 5.74) is 1.12. The van der Waals surface area contributed by atoms with Crippen LogP contribution >= 0.6 is 0 Å². The SMILES string of the molecule is C[C@@H]1NC[C@@H](c2ccccc2)S(=O)(=O)C1Cc1ccc(C2(OCCO)CCOCC2)cc1F. The first kappa shape index (κ1) is 24.3. The molecule has 8 heteroatoms. The van der Waals surface area contributed by atoms with E-state index in [9.17, 15) is 13.5 Å². The molecule has 2 aromatic carbocycles. The fourth-order valence-electron chi connectivity index (χ4n) is 4.98. The Hall–Kier alpha value is -1.84. The summed E-state index contributed by atoms with van der Waals surface area (Å²) in [4.78, 5) is 0. The van der Waals surface area contributed by atoms with Crippen LogP contribution in [-0.4, -0.2) is 57.8 Å². The third-order valence-corrected chi connectivity index (χ3v) is 9.59. The van der Waals surface area contributed by atoms with Crippen molar-refractivity contribution in [2.75, 3.05) is 33.0 Å². The van der Waals surface area contributed by atoms with Gasteiger partial charge in [0.25, 0.3) is 0 Å². The van der Waals surface area contributed by atoms with Gasteiger partial charge in [0.2, 0.25) is 0 Å². The number of nitrogens with one attached hydrogen (secondary N) is 1. The predicted molar refractivity (Wildman–Crippen MR) is 124 cm³/mol. The van der Waals surface area contributed by atoms with Crippen LogP contribution in [0.4, 0.5) is 4.39 Å². The summed E-state index contributed by atoms with van der Waals surface area (Å²) in [5, 5.41) is 11.1. The summed E-state index contributed by atoms with van der Waals surface area (Å²) in [6.07, 6.45) is 1.24. The standard InChI is InChI=1S/C25H32FNO5S/c1-18-23(33(29,30)24(17-27-18)19-5-3-2-4-6-19)15-20-7-8-21(16-22(20)26)25(32-14-11-28)9-12-31-13-10-25/h2-8,16,18,23-24,27-28H,9-15,17H2,1H3/t18-,23?,24-/m0/s1. The highest BCUT2D eigenvalue weighted by Gasteiger charge is 2.43. The molecule has 0 spiro atoms. The van der Waals surface area contributed by atoms with E-state index in [0.717, 1.165) is 5.56 Å². The Morgan fingerprint density at radius 3 is 2.58 bits per heavy atom. The van der Waals surface area contributed by atoms with Crippen LogP contribution < -0.4 is 5.32 Å². The first-order valence-corrected chi connectivity index (χ1v) is 13.1. The number of halogens is 1. The molecule has 2 N–H and O–H groups in total. The van der Waals surface area contributed by atoms with E-state index in [1.54, 1.807) is 6.07 Å². The molecule has 0 saturated carbocycles. The van der Waals surface area contributed by atoms with Crippen LogP contribution in [0.3, 0.4) is 0 Å². The van der Waals surface area contributed by atoms with Crippen LogP contribution in [0.1, 0.15) is 41.7 Å². The van der Waals surface area contributed by atoms with Crippen molar-refractivity contribution in [2.45, 2.75) is 48.3 Å². The predicted octanol–water partition coefficient (Wildman–Crippen LogP) is 2.90. The average molecular weight is 478 g/mol. The lowest BCUT2D eigenvalue weighted by Crippen LogP contribution is -2.53. The molecule has 1 unspecified atom stereocenters. The molecule has 0 aliphatic carbocycles. The molecule has 3 atom stereocenters. The van der Waals surface area contributed by atoms with Gasteiger partial charge in [-0.2, -0.15) is 0 Å². The summed E-state index contributed by atoms with van der Waals surface area (Å²) in [6, 6.07) is 13.9. The minimum absolute atomic E-state index is 0.0968. The first-order chi connectivity index (χ1) is 15.9. The zero-order valence-electron chi connectivity index (χ0n) is 18.9. The maximum Gasteiger partial charge on any atom is 0.163 e. The Bertz CT molecular complexity index is 1040. The molecule has 6 nitrogen and oxygen atoms in total.